The van der Waals surface area contributed by atoms with E-state index in [1.165, 1.54) is 5.56 Å². The van der Waals surface area contributed by atoms with Crippen molar-refractivity contribution in [1.82, 2.24) is 10.2 Å². The number of likely N-dealkylation sites (tertiary alicyclic amines) is 1. The van der Waals surface area contributed by atoms with E-state index < -0.39 is 6.04 Å². The quantitative estimate of drug-likeness (QED) is 0.734. The van der Waals surface area contributed by atoms with E-state index >= 15 is 0 Å². The fourth-order valence-electron chi connectivity index (χ4n) is 3.86. The van der Waals surface area contributed by atoms with Gasteiger partial charge in [0.15, 0.2) is 0 Å². The number of hydrogen-bond acceptors (Lipinski definition) is 2. The number of amides is 2. The Bertz CT molecular complexity index is 815. The predicted molar refractivity (Wildman–Crippen MR) is 117 cm³/mol. The molecule has 154 valence electrons. The van der Waals surface area contributed by atoms with Crippen LogP contribution in [0.4, 0.5) is 0 Å². The maximum absolute atomic E-state index is 13.2. The van der Waals surface area contributed by atoms with Crippen molar-refractivity contribution in [1.29, 1.82) is 0 Å². The van der Waals surface area contributed by atoms with Gasteiger partial charge < -0.3 is 10.2 Å². The lowest BCUT2D eigenvalue weighted by molar-refractivity contribution is -0.135. The average molecular weight is 413 g/mol. The minimum absolute atomic E-state index is 0.0261. The molecule has 1 saturated heterocycles. The highest BCUT2D eigenvalue weighted by Gasteiger charge is 2.32. The summed E-state index contributed by atoms with van der Waals surface area (Å²) in [6, 6.07) is 16.6. The molecular formula is C24H29ClN2O2. The third-order valence-corrected chi connectivity index (χ3v) is 6.20. The molecule has 0 radical (unpaired) electrons. The van der Waals surface area contributed by atoms with Gasteiger partial charge in [-0.15, -0.1) is 0 Å². The molecule has 1 fully saturated rings. The monoisotopic (exact) mass is 412 g/mol. The number of hydrogen-bond donors (Lipinski definition) is 1. The third kappa shape index (κ3) is 5.39. The van der Waals surface area contributed by atoms with Crippen molar-refractivity contribution >= 4 is 23.4 Å². The maximum Gasteiger partial charge on any atom is 0.251 e. The summed E-state index contributed by atoms with van der Waals surface area (Å²) < 4.78 is 0. The van der Waals surface area contributed by atoms with Crippen molar-refractivity contribution in [2.45, 2.75) is 45.1 Å². The van der Waals surface area contributed by atoms with Crippen LogP contribution < -0.4 is 5.32 Å². The van der Waals surface area contributed by atoms with E-state index in [1.54, 1.807) is 12.1 Å². The maximum atomic E-state index is 13.2. The predicted octanol–water partition coefficient (Wildman–Crippen LogP) is 4.89. The van der Waals surface area contributed by atoms with Gasteiger partial charge in [0.25, 0.3) is 5.91 Å². The molecule has 0 spiro atoms. The van der Waals surface area contributed by atoms with Gasteiger partial charge >= 0.3 is 0 Å². The summed E-state index contributed by atoms with van der Waals surface area (Å²) in [4.78, 5) is 27.8. The number of piperidine rings is 1. The molecule has 0 aromatic heterocycles. The number of nitrogens with one attached hydrogen (secondary N) is 1. The summed E-state index contributed by atoms with van der Waals surface area (Å²) in [6.07, 6.45) is 2.67. The summed E-state index contributed by atoms with van der Waals surface area (Å²) in [5.41, 5.74) is 1.85. The van der Waals surface area contributed by atoms with E-state index in [0.717, 1.165) is 24.3 Å². The topological polar surface area (TPSA) is 49.4 Å². The Labute approximate surface area is 178 Å². The molecule has 5 heteroatoms. The Hall–Kier alpha value is -2.33. The van der Waals surface area contributed by atoms with Crippen molar-refractivity contribution in [3.63, 3.8) is 0 Å². The largest absolute Gasteiger partial charge is 0.341 e. The number of halogens is 1. The van der Waals surface area contributed by atoms with Crippen LogP contribution in [0.2, 0.25) is 5.02 Å². The number of benzene rings is 2. The van der Waals surface area contributed by atoms with Gasteiger partial charge in [-0.3, -0.25) is 9.59 Å². The summed E-state index contributed by atoms with van der Waals surface area (Å²) in [6.45, 7) is 5.49. The fraction of sp³-hybridized carbons (Fsp3) is 0.417. The Morgan fingerprint density at radius 3 is 2.28 bits per heavy atom. The first-order valence-electron chi connectivity index (χ1n) is 10.4. The SMILES string of the molecule is CC[C@@H](C)[C@@H](NC(=O)c1ccccc1)C(=O)N1CCC(c2ccc(Cl)cc2)CC1. The Balaban J connectivity index is 1.64. The fourth-order valence-corrected chi connectivity index (χ4v) is 3.99. The van der Waals surface area contributed by atoms with Gasteiger partial charge in [-0.1, -0.05) is 62.2 Å². The summed E-state index contributed by atoms with van der Waals surface area (Å²) in [5, 5.41) is 3.73. The zero-order chi connectivity index (χ0) is 20.8. The second kappa shape index (κ2) is 9.93. The van der Waals surface area contributed by atoms with Crippen LogP contribution in [-0.2, 0) is 4.79 Å². The molecule has 0 aliphatic carbocycles. The van der Waals surface area contributed by atoms with Crippen LogP contribution in [0.5, 0.6) is 0 Å². The highest BCUT2D eigenvalue weighted by atomic mass is 35.5. The first kappa shape index (κ1) is 21.4. The second-order valence-electron chi connectivity index (χ2n) is 7.85. The zero-order valence-corrected chi connectivity index (χ0v) is 17.9. The molecule has 1 aliphatic heterocycles. The molecule has 2 amide bonds. The minimum atomic E-state index is -0.500. The van der Waals surface area contributed by atoms with Crippen LogP contribution in [0.1, 0.15) is 54.9 Å². The number of nitrogens with zero attached hydrogens (tertiary/aromatic N) is 1. The lowest BCUT2D eigenvalue weighted by atomic mass is 9.88. The normalized spacial score (nSPS) is 16.9. The molecular weight excluding hydrogens is 384 g/mol. The van der Waals surface area contributed by atoms with Crippen molar-refractivity contribution in [2.24, 2.45) is 5.92 Å². The van der Waals surface area contributed by atoms with Crippen LogP contribution in [0.25, 0.3) is 0 Å². The molecule has 29 heavy (non-hydrogen) atoms. The molecule has 2 aromatic carbocycles. The molecule has 4 nitrogen and oxygen atoms in total. The average Bonchev–Trinajstić information content (AvgIpc) is 2.77. The van der Waals surface area contributed by atoms with E-state index in [9.17, 15) is 9.59 Å². The number of carbonyl (C=O) groups is 2. The van der Waals surface area contributed by atoms with Gasteiger partial charge in [0.05, 0.1) is 0 Å². The first-order chi connectivity index (χ1) is 14.0. The van der Waals surface area contributed by atoms with Crippen molar-refractivity contribution < 1.29 is 9.59 Å². The minimum Gasteiger partial charge on any atom is -0.341 e. The van der Waals surface area contributed by atoms with Crippen molar-refractivity contribution in [3.8, 4) is 0 Å². The standard InChI is InChI=1S/C24H29ClN2O2/c1-3-17(2)22(26-23(28)20-7-5-4-6-8-20)24(29)27-15-13-19(14-16-27)18-9-11-21(25)12-10-18/h4-12,17,19,22H,3,13-16H2,1-2H3,(H,26,28)/t17-,22-/m1/s1. The second-order valence-corrected chi connectivity index (χ2v) is 8.29. The highest BCUT2D eigenvalue weighted by Crippen LogP contribution is 2.29. The van der Waals surface area contributed by atoms with Crippen molar-refractivity contribution in [2.75, 3.05) is 13.1 Å². The Morgan fingerprint density at radius 1 is 1.07 bits per heavy atom. The molecule has 2 atom stereocenters. The molecule has 1 heterocycles. The van der Waals surface area contributed by atoms with Crippen LogP contribution in [0, 0.1) is 5.92 Å². The van der Waals surface area contributed by atoms with Crippen LogP contribution in [-0.4, -0.2) is 35.8 Å². The lowest BCUT2D eigenvalue weighted by Crippen LogP contribution is -2.53. The van der Waals surface area contributed by atoms with Crippen LogP contribution in [0.15, 0.2) is 54.6 Å². The molecule has 0 bridgehead atoms. The number of carbonyl (C=O) groups excluding carboxylic acids is 2. The van der Waals surface area contributed by atoms with Crippen molar-refractivity contribution in [3.05, 3.63) is 70.7 Å². The summed E-state index contributed by atoms with van der Waals surface area (Å²) in [5.74, 6) is 0.347. The highest BCUT2D eigenvalue weighted by molar-refractivity contribution is 6.30. The first-order valence-corrected chi connectivity index (χ1v) is 10.8. The van der Waals surface area contributed by atoms with Gasteiger partial charge in [-0.25, -0.2) is 0 Å². The van der Waals surface area contributed by atoms with E-state index in [4.69, 9.17) is 11.6 Å². The Kier molecular flexibility index (Phi) is 7.32. The number of rotatable bonds is 6. The molecule has 0 unspecified atom stereocenters. The van der Waals surface area contributed by atoms with Crippen LogP contribution in [0.3, 0.4) is 0 Å². The van der Waals surface area contributed by atoms with E-state index in [1.807, 2.05) is 49.1 Å². The zero-order valence-electron chi connectivity index (χ0n) is 17.1. The molecule has 1 aliphatic rings. The van der Waals surface area contributed by atoms with E-state index in [0.29, 0.717) is 24.6 Å². The molecule has 1 N–H and O–H groups in total. The van der Waals surface area contributed by atoms with Gasteiger partial charge in [0, 0.05) is 23.7 Å². The van der Waals surface area contributed by atoms with Crippen LogP contribution >= 0.6 is 11.6 Å². The smallest absolute Gasteiger partial charge is 0.251 e. The summed E-state index contributed by atoms with van der Waals surface area (Å²) >= 11 is 5.99. The van der Waals surface area contributed by atoms with E-state index in [-0.39, 0.29) is 17.7 Å². The van der Waals surface area contributed by atoms with Gasteiger partial charge in [-0.2, -0.15) is 0 Å². The summed E-state index contributed by atoms with van der Waals surface area (Å²) in [7, 11) is 0. The molecule has 3 rings (SSSR count). The molecule has 2 aromatic rings. The van der Waals surface area contributed by atoms with Gasteiger partial charge in [0.2, 0.25) is 5.91 Å². The molecule has 0 saturated carbocycles. The Morgan fingerprint density at radius 2 is 1.69 bits per heavy atom. The third-order valence-electron chi connectivity index (χ3n) is 5.95. The van der Waals surface area contributed by atoms with Gasteiger partial charge in [-0.05, 0) is 54.5 Å². The van der Waals surface area contributed by atoms with Gasteiger partial charge in [0.1, 0.15) is 6.04 Å². The van der Waals surface area contributed by atoms with E-state index in [2.05, 4.69) is 17.4 Å². The lowest BCUT2D eigenvalue weighted by Gasteiger charge is -2.36.